The van der Waals surface area contributed by atoms with E-state index in [0.717, 1.165) is 22.5 Å². The van der Waals surface area contributed by atoms with Gasteiger partial charge in [-0.3, -0.25) is 0 Å². The van der Waals surface area contributed by atoms with Crippen molar-refractivity contribution in [3.8, 4) is 5.75 Å². The Hall–Kier alpha value is -0.370. The van der Waals surface area contributed by atoms with Crippen molar-refractivity contribution < 1.29 is 19.3 Å². The van der Waals surface area contributed by atoms with Gasteiger partial charge >= 0.3 is 0 Å². The number of hydrogen-bond donors (Lipinski definition) is 2. The van der Waals surface area contributed by atoms with Gasteiger partial charge in [0.1, 0.15) is 45.1 Å². The first-order valence-corrected chi connectivity index (χ1v) is 8.84. The number of benzene rings is 1. The van der Waals surface area contributed by atoms with Gasteiger partial charge in [0, 0.05) is 0 Å². The molecule has 2 rings (SSSR count). The summed E-state index contributed by atoms with van der Waals surface area (Å²) in [6, 6.07) is 6.25. The normalized spacial score (nSPS) is 22.2. The molecular formula is C16H27IN2O2+2. The van der Waals surface area contributed by atoms with E-state index in [2.05, 4.69) is 48.7 Å². The summed E-state index contributed by atoms with van der Waals surface area (Å²) >= 11 is 2.31. The van der Waals surface area contributed by atoms with Crippen molar-refractivity contribution in [2.45, 2.75) is 6.92 Å². The fourth-order valence-electron chi connectivity index (χ4n) is 2.53. The second-order valence-electron chi connectivity index (χ2n) is 5.85. The van der Waals surface area contributed by atoms with Crippen molar-refractivity contribution in [1.29, 1.82) is 0 Å². The van der Waals surface area contributed by atoms with Crippen LogP contribution >= 0.6 is 22.6 Å². The Balaban J connectivity index is 1.54. The minimum Gasteiger partial charge on any atom is -0.490 e. The van der Waals surface area contributed by atoms with Crippen molar-refractivity contribution >= 4 is 22.6 Å². The summed E-state index contributed by atoms with van der Waals surface area (Å²) in [4.78, 5) is 3.33. The monoisotopic (exact) mass is 406 g/mol. The number of likely N-dealkylation sites (N-methyl/N-ethyl adjacent to an activating group) is 1. The lowest BCUT2D eigenvalue weighted by atomic mass is 10.2. The standard InChI is InChI=1S/C16H25IN2O2/c1-14-3-4-16(15(17)13-14)21-12-11-20-10-9-19-7-5-18(2)6-8-19/h3-4,13H,5-12H2,1-2H3/p+2. The zero-order chi connectivity index (χ0) is 15.1. The Morgan fingerprint density at radius 3 is 2.57 bits per heavy atom. The van der Waals surface area contributed by atoms with E-state index in [4.69, 9.17) is 9.47 Å². The molecule has 1 aromatic carbocycles. The van der Waals surface area contributed by atoms with Crippen LogP contribution in [0.15, 0.2) is 18.2 Å². The Kier molecular flexibility index (Phi) is 7.22. The van der Waals surface area contributed by atoms with Crippen molar-refractivity contribution in [2.75, 3.05) is 59.6 Å². The summed E-state index contributed by atoms with van der Waals surface area (Å²) < 4.78 is 12.6. The lowest BCUT2D eigenvalue weighted by Gasteiger charge is -2.27. The molecule has 0 saturated carbocycles. The third-order valence-electron chi connectivity index (χ3n) is 3.98. The number of piperazine rings is 1. The molecule has 5 heteroatoms. The van der Waals surface area contributed by atoms with E-state index in [-0.39, 0.29) is 0 Å². The highest BCUT2D eigenvalue weighted by atomic mass is 127. The van der Waals surface area contributed by atoms with Gasteiger partial charge in [0.2, 0.25) is 0 Å². The number of rotatable bonds is 7. The van der Waals surface area contributed by atoms with E-state index in [9.17, 15) is 0 Å². The van der Waals surface area contributed by atoms with Crippen LogP contribution in [0.5, 0.6) is 5.75 Å². The predicted molar refractivity (Wildman–Crippen MR) is 92.4 cm³/mol. The maximum absolute atomic E-state index is 5.76. The fraction of sp³-hybridized carbons (Fsp3) is 0.625. The molecule has 118 valence electrons. The molecule has 1 aliphatic rings. The lowest BCUT2D eigenvalue weighted by molar-refractivity contribution is -1.00. The van der Waals surface area contributed by atoms with E-state index in [1.165, 1.54) is 31.7 Å². The molecule has 0 bridgehead atoms. The van der Waals surface area contributed by atoms with Gasteiger partial charge in [-0.25, -0.2) is 0 Å². The minimum absolute atomic E-state index is 0.626. The largest absolute Gasteiger partial charge is 0.490 e. The summed E-state index contributed by atoms with van der Waals surface area (Å²) in [7, 11) is 2.27. The molecule has 1 aliphatic heterocycles. The molecular weight excluding hydrogens is 379 g/mol. The molecule has 4 nitrogen and oxygen atoms in total. The van der Waals surface area contributed by atoms with Gasteiger partial charge in [-0.1, -0.05) is 6.07 Å². The van der Waals surface area contributed by atoms with Crippen LogP contribution in [0, 0.1) is 10.5 Å². The first-order valence-electron chi connectivity index (χ1n) is 7.76. The Labute approximate surface area is 141 Å². The van der Waals surface area contributed by atoms with Crippen LogP contribution in [0.1, 0.15) is 5.56 Å². The van der Waals surface area contributed by atoms with Gasteiger partial charge in [-0.15, -0.1) is 0 Å². The number of halogens is 1. The van der Waals surface area contributed by atoms with Crippen molar-refractivity contribution in [3.63, 3.8) is 0 Å². The van der Waals surface area contributed by atoms with Crippen LogP contribution in [0.2, 0.25) is 0 Å². The lowest BCUT2D eigenvalue weighted by Crippen LogP contribution is -3.27. The van der Waals surface area contributed by atoms with Gasteiger partial charge in [0.25, 0.3) is 0 Å². The van der Waals surface area contributed by atoms with E-state index in [0.29, 0.717) is 13.2 Å². The molecule has 1 saturated heterocycles. The summed E-state index contributed by atoms with van der Waals surface area (Å²) in [6.07, 6.45) is 0. The maximum Gasteiger partial charge on any atom is 0.132 e. The molecule has 0 unspecified atom stereocenters. The number of ether oxygens (including phenoxy) is 2. The van der Waals surface area contributed by atoms with Gasteiger partial charge < -0.3 is 19.3 Å². The molecule has 0 radical (unpaired) electrons. The first kappa shape index (κ1) is 17.0. The SMILES string of the molecule is Cc1ccc(OCCOCC[NH+]2CC[NH+](C)CC2)c(I)c1. The highest BCUT2D eigenvalue weighted by Crippen LogP contribution is 2.21. The molecule has 0 amide bonds. The van der Waals surface area contributed by atoms with Gasteiger partial charge in [0.05, 0.1) is 23.8 Å². The van der Waals surface area contributed by atoms with Gasteiger partial charge in [0.15, 0.2) is 0 Å². The Morgan fingerprint density at radius 2 is 1.86 bits per heavy atom. The Morgan fingerprint density at radius 1 is 1.10 bits per heavy atom. The molecule has 21 heavy (non-hydrogen) atoms. The predicted octanol–water partition coefficient (Wildman–Crippen LogP) is -0.592. The molecule has 0 aliphatic carbocycles. The van der Waals surface area contributed by atoms with Crippen molar-refractivity contribution in [2.24, 2.45) is 0 Å². The smallest absolute Gasteiger partial charge is 0.132 e. The second kappa shape index (κ2) is 8.92. The van der Waals surface area contributed by atoms with Gasteiger partial charge in [-0.05, 0) is 47.2 Å². The molecule has 0 atom stereocenters. The Bertz CT molecular complexity index is 434. The minimum atomic E-state index is 0.626. The second-order valence-corrected chi connectivity index (χ2v) is 7.01. The molecule has 0 aromatic heterocycles. The van der Waals surface area contributed by atoms with Crippen LogP contribution in [-0.2, 0) is 4.74 Å². The third-order valence-corrected chi connectivity index (χ3v) is 4.83. The number of quaternary nitrogens is 2. The van der Waals surface area contributed by atoms with Crippen LogP contribution in [0.3, 0.4) is 0 Å². The van der Waals surface area contributed by atoms with Crippen molar-refractivity contribution in [3.05, 3.63) is 27.3 Å². The number of nitrogens with one attached hydrogen (secondary N) is 2. The van der Waals surface area contributed by atoms with E-state index in [1.807, 2.05) is 6.07 Å². The van der Waals surface area contributed by atoms with Crippen LogP contribution in [0.25, 0.3) is 0 Å². The zero-order valence-corrected chi connectivity index (χ0v) is 15.2. The van der Waals surface area contributed by atoms with Crippen LogP contribution in [-0.4, -0.2) is 59.6 Å². The summed E-state index contributed by atoms with van der Waals surface area (Å²) in [5.74, 6) is 0.956. The maximum atomic E-state index is 5.76. The summed E-state index contributed by atoms with van der Waals surface area (Å²) in [5, 5.41) is 0. The molecule has 1 aromatic rings. The molecule has 0 spiro atoms. The van der Waals surface area contributed by atoms with Crippen LogP contribution < -0.4 is 14.5 Å². The molecule has 2 N–H and O–H groups in total. The highest BCUT2D eigenvalue weighted by molar-refractivity contribution is 14.1. The average molecular weight is 406 g/mol. The van der Waals surface area contributed by atoms with E-state index >= 15 is 0 Å². The molecule has 1 heterocycles. The van der Waals surface area contributed by atoms with Crippen molar-refractivity contribution in [1.82, 2.24) is 0 Å². The average Bonchev–Trinajstić information content (AvgIpc) is 2.46. The van der Waals surface area contributed by atoms with Crippen LogP contribution in [0.4, 0.5) is 0 Å². The van der Waals surface area contributed by atoms with Gasteiger partial charge in [-0.2, -0.15) is 0 Å². The quantitative estimate of drug-likeness (QED) is 0.468. The van der Waals surface area contributed by atoms with E-state index in [1.54, 1.807) is 9.80 Å². The highest BCUT2D eigenvalue weighted by Gasteiger charge is 2.18. The fourth-order valence-corrected chi connectivity index (χ4v) is 3.36. The third kappa shape index (κ3) is 6.10. The summed E-state index contributed by atoms with van der Waals surface area (Å²) in [6.45, 7) is 10.5. The number of aryl methyl sites for hydroxylation is 1. The van der Waals surface area contributed by atoms with E-state index < -0.39 is 0 Å². The zero-order valence-electron chi connectivity index (χ0n) is 13.1. The first-order chi connectivity index (χ1) is 10.1. The molecule has 1 fully saturated rings. The summed E-state index contributed by atoms with van der Waals surface area (Å²) in [5.41, 5.74) is 1.26. The topological polar surface area (TPSA) is 27.3 Å². The number of hydrogen-bond acceptors (Lipinski definition) is 2.